The lowest BCUT2D eigenvalue weighted by molar-refractivity contribution is 1.30. The number of hydrogen-bond acceptors (Lipinski definition) is 1. The van der Waals surface area contributed by atoms with E-state index in [-0.39, 0.29) is 0 Å². The van der Waals surface area contributed by atoms with E-state index in [9.17, 15) is 0 Å². The molecule has 2 rings (SSSR count). The van der Waals surface area contributed by atoms with Crippen LogP contribution in [0.2, 0.25) is 0 Å². The molecule has 3 heteroatoms. The van der Waals surface area contributed by atoms with Gasteiger partial charge in [-0.25, -0.2) is 4.98 Å². The van der Waals surface area contributed by atoms with E-state index < -0.39 is 0 Å². The molecule has 0 saturated carbocycles. The zero-order valence-corrected chi connectivity index (χ0v) is 8.18. The molecule has 0 aliphatic heterocycles. The third kappa shape index (κ3) is 2.42. The van der Waals surface area contributed by atoms with Gasteiger partial charge in [0, 0.05) is 6.20 Å². The molecule has 0 bridgehead atoms. The Morgan fingerprint density at radius 1 is 1.08 bits per heavy atom. The van der Waals surface area contributed by atoms with Gasteiger partial charge in [-0.3, -0.25) is 0 Å². The van der Waals surface area contributed by atoms with Gasteiger partial charge in [-0.05, 0) is 6.07 Å². The van der Waals surface area contributed by atoms with Gasteiger partial charge in [0.15, 0.2) is 5.65 Å². The largest absolute Gasteiger partial charge is 0.345 e. The Hall–Kier alpha value is -1.25. The molecule has 68 valence electrons. The molecule has 0 saturated heterocycles. The maximum Gasteiger partial charge on any atom is 0.155 e. The summed E-state index contributed by atoms with van der Waals surface area (Å²) in [5.41, 5.74) is 1.98. The van der Waals surface area contributed by atoms with Crippen molar-refractivity contribution in [3.8, 4) is 0 Å². The molecule has 0 aromatic carbocycles. The minimum Gasteiger partial charge on any atom is -0.345 e. The molecule has 12 heavy (non-hydrogen) atoms. The minimum atomic E-state index is 0.921. The monoisotopic (exact) mass is 167 g/mol. The Morgan fingerprint density at radius 3 is 2.33 bits per heavy atom. The fourth-order valence-electron chi connectivity index (χ4n) is 0.750. The number of nitrogens with one attached hydrogen (secondary N) is 2. The molecule has 0 unspecified atom stereocenters. The van der Waals surface area contributed by atoms with E-state index in [1.54, 1.807) is 6.33 Å². The Labute approximate surface area is 73.2 Å². The van der Waals surface area contributed by atoms with Gasteiger partial charge in [0.1, 0.15) is 0 Å². The number of nitrogens with zero attached hydrogens (tertiary/aromatic N) is 1. The Morgan fingerprint density at radius 2 is 1.75 bits per heavy atom. The number of aromatic amines is 2. The van der Waals surface area contributed by atoms with Crippen molar-refractivity contribution in [1.29, 1.82) is 0 Å². The highest BCUT2D eigenvalue weighted by molar-refractivity contribution is 5.69. The van der Waals surface area contributed by atoms with E-state index in [0.29, 0.717) is 0 Å². The topological polar surface area (TPSA) is 44.5 Å². The van der Waals surface area contributed by atoms with Crippen molar-refractivity contribution in [2.75, 3.05) is 0 Å². The summed E-state index contributed by atoms with van der Waals surface area (Å²) >= 11 is 0. The second-order valence-electron chi connectivity index (χ2n) is 1.64. The van der Waals surface area contributed by atoms with E-state index in [2.05, 4.69) is 15.0 Å². The molecular weight excluding hydrogens is 150 g/mol. The zero-order valence-electron chi connectivity index (χ0n) is 8.18. The summed E-state index contributed by atoms with van der Waals surface area (Å²) in [6, 6.07) is 1.95. The Bertz CT molecular complexity index is 231. The second-order valence-corrected chi connectivity index (χ2v) is 1.64. The van der Waals surface area contributed by atoms with Crippen molar-refractivity contribution in [1.82, 2.24) is 15.0 Å². The fraction of sp³-hybridized carbons (Fsp3) is 0.444. The summed E-state index contributed by atoms with van der Waals surface area (Å²) < 4.78 is 0. The highest BCUT2D eigenvalue weighted by Gasteiger charge is 1.90. The van der Waals surface area contributed by atoms with E-state index in [0.717, 1.165) is 11.2 Å². The van der Waals surface area contributed by atoms with Gasteiger partial charge in [0.25, 0.3) is 0 Å². The van der Waals surface area contributed by atoms with Crippen molar-refractivity contribution in [2.45, 2.75) is 27.7 Å². The van der Waals surface area contributed by atoms with Crippen LogP contribution in [0.1, 0.15) is 27.7 Å². The van der Waals surface area contributed by atoms with Gasteiger partial charge >= 0.3 is 0 Å². The third-order valence-electron chi connectivity index (χ3n) is 1.14. The van der Waals surface area contributed by atoms with Crippen molar-refractivity contribution >= 4 is 11.2 Å². The second kappa shape index (κ2) is 6.46. The lowest BCUT2D eigenvalue weighted by atomic mass is 10.6. The summed E-state index contributed by atoms with van der Waals surface area (Å²) in [7, 11) is 0. The quantitative estimate of drug-likeness (QED) is 0.622. The summed E-state index contributed by atoms with van der Waals surface area (Å²) in [6.45, 7) is 8.00. The maximum absolute atomic E-state index is 3.97. The lowest BCUT2D eigenvalue weighted by Crippen LogP contribution is -1.58. The zero-order chi connectivity index (χ0) is 9.40. The first-order chi connectivity index (χ1) is 5.97. The Kier molecular flexibility index (Phi) is 5.79. The van der Waals surface area contributed by atoms with Crippen LogP contribution in [0, 0.1) is 0 Å². The first kappa shape index (κ1) is 10.8. The molecule has 2 heterocycles. The van der Waals surface area contributed by atoms with E-state index >= 15 is 0 Å². The predicted octanol–water partition coefficient (Wildman–Crippen LogP) is 2.94. The average Bonchev–Trinajstić information content (AvgIpc) is 2.72. The smallest absolute Gasteiger partial charge is 0.155 e. The molecule has 0 spiro atoms. The first-order valence-electron chi connectivity index (χ1n) is 4.43. The highest BCUT2D eigenvalue weighted by atomic mass is 14.9. The van der Waals surface area contributed by atoms with E-state index in [4.69, 9.17) is 0 Å². The van der Waals surface area contributed by atoms with Crippen LogP contribution in [0.3, 0.4) is 0 Å². The molecule has 0 amide bonds. The summed E-state index contributed by atoms with van der Waals surface area (Å²) in [5, 5.41) is 0. The van der Waals surface area contributed by atoms with Crippen LogP contribution in [0.25, 0.3) is 11.2 Å². The fourth-order valence-corrected chi connectivity index (χ4v) is 0.750. The summed E-state index contributed by atoms with van der Waals surface area (Å²) in [5.74, 6) is 0. The van der Waals surface area contributed by atoms with Gasteiger partial charge in [-0.15, -0.1) is 0 Å². The van der Waals surface area contributed by atoms with Crippen LogP contribution in [0.15, 0.2) is 18.6 Å². The van der Waals surface area contributed by atoms with Crippen molar-refractivity contribution in [3.63, 3.8) is 0 Å². The summed E-state index contributed by atoms with van der Waals surface area (Å²) in [4.78, 5) is 9.88. The predicted molar refractivity (Wildman–Crippen MR) is 53.1 cm³/mol. The van der Waals surface area contributed by atoms with Crippen LogP contribution < -0.4 is 0 Å². The molecule has 0 aliphatic carbocycles. The molecule has 0 radical (unpaired) electrons. The number of hydrogen-bond donors (Lipinski definition) is 2. The highest BCUT2D eigenvalue weighted by Crippen LogP contribution is 2.02. The molecule has 0 aliphatic rings. The SMILES string of the molecule is CC.CC.c1nc2[nH]ccc2[nH]1. The van der Waals surface area contributed by atoms with Crippen LogP contribution in [0.4, 0.5) is 0 Å². The standard InChI is InChI=1S/C5H5N3.2C2H6/c1-2-6-5-4(1)7-3-8-5;2*1-2/h1-3,6H,(H,7,8);2*1-2H3. The number of H-pyrrole nitrogens is 2. The van der Waals surface area contributed by atoms with E-state index in [1.165, 1.54) is 0 Å². The van der Waals surface area contributed by atoms with Gasteiger partial charge in [0.05, 0.1) is 11.8 Å². The molecule has 0 atom stereocenters. The Balaban J connectivity index is 0.000000269. The van der Waals surface area contributed by atoms with Crippen LogP contribution in [-0.2, 0) is 0 Å². The maximum atomic E-state index is 3.97. The van der Waals surface area contributed by atoms with Crippen molar-refractivity contribution in [3.05, 3.63) is 18.6 Å². The molecular formula is C9H17N3. The van der Waals surface area contributed by atoms with E-state index in [1.807, 2.05) is 40.0 Å². The van der Waals surface area contributed by atoms with Crippen LogP contribution >= 0.6 is 0 Å². The average molecular weight is 167 g/mol. The van der Waals surface area contributed by atoms with Crippen molar-refractivity contribution in [2.24, 2.45) is 0 Å². The number of fused-ring (bicyclic) bond motifs is 1. The molecule has 2 aromatic heterocycles. The summed E-state index contributed by atoms with van der Waals surface area (Å²) in [6.07, 6.45) is 3.52. The molecule has 2 aromatic rings. The van der Waals surface area contributed by atoms with Gasteiger partial charge < -0.3 is 9.97 Å². The van der Waals surface area contributed by atoms with Gasteiger partial charge in [-0.2, -0.15) is 0 Å². The van der Waals surface area contributed by atoms with Crippen LogP contribution in [-0.4, -0.2) is 15.0 Å². The number of imidazole rings is 1. The van der Waals surface area contributed by atoms with Crippen molar-refractivity contribution < 1.29 is 0 Å². The first-order valence-corrected chi connectivity index (χ1v) is 4.43. The number of rotatable bonds is 0. The third-order valence-corrected chi connectivity index (χ3v) is 1.14. The molecule has 3 nitrogen and oxygen atoms in total. The van der Waals surface area contributed by atoms with Gasteiger partial charge in [0.2, 0.25) is 0 Å². The molecule has 0 fully saturated rings. The van der Waals surface area contributed by atoms with Crippen LogP contribution in [0.5, 0.6) is 0 Å². The number of aromatic nitrogens is 3. The normalized spacial score (nSPS) is 8.00. The lowest BCUT2D eigenvalue weighted by Gasteiger charge is -1.65. The van der Waals surface area contributed by atoms with Gasteiger partial charge in [-0.1, -0.05) is 27.7 Å². The molecule has 2 N–H and O–H groups in total. The minimum absolute atomic E-state index is 0.921.